The van der Waals surface area contributed by atoms with E-state index < -0.39 is 16.7 Å². The molecule has 172 valence electrons. The van der Waals surface area contributed by atoms with E-state index in [1.807, 2.05) is 43.3 Å². The van der Waals surface area contributed by atoms with Crippen LogP contribution in [0.15, 0.2) is 89.7 Å². The van der Waals surface area contributed by atoms with Gasteiger partial charge in [-0.1, -0.05) is 42.5 Å². The first kappa shape index (κ1) is 23.9. The van der Waals surface area contributed by atoms with E-state index in [9.17, 15) is 19.7 Å². The molecule has 0 heterocycles. The average molecular weight is 457 g/mol. The Kier molecular flexibility index (Phi) is 7.85. The van der Waals surface area contributed by atoms with Crippen molar-refractivity contribution in [1.29, 1.82) is 0 Å². The summed E-state index contributed by atoms with van der Waals surface area (Å²) >= 11 is 0. The van der Waals surface area contributed by atoms with Crippen LogP contribution in [-0.2, 0) is 4.79 Å². The summed E-state index contributed by atoms with van der Waals surface area (Å²) in [5.41, 5.74) is 4.77. The van der Waals surface area contributed by atoms with Gasteiger partial charge in [0.1, 0.15) is 5.70 Å². The van der Waals surface area contributed by atoms with Crippen LogP contribution < -0.4 is 15.6 Å². The van der Waals surface area contributed by atoms with E-state index >= 15 is 0 Å². The maximum Gasteiger partial charge on any atom is 0.287 e. The normalized spacial score (nSPS) is 11.2. The summed E-state index contributed by atoms with van der Waals surface area (Å²) in [4.78, 5) is 37.8. The number of benzene rings is 3. The van der Waals surface area contributed by atoms with Crippen molar-refractivity contribution >= 4 is 35.5 Å². The minimum atomic E-state index is -0.650. The Labute approximate surface area is 196 Å². The highest BCUT2D eigenvalue weighted by atomic mass is 16.6. The number of hydrazone groups is 1. The van der Waals surface area contributed by atoms with Gasteiger partial charge >= 0.3 is 0 Å². The fourth-order valence-corrected chi connectivity index (χ4v) is 2.92. The maximum atomic E-state index is 12.8. The summed E-state index contributed by atoms with van der Waals surface area (Å²) < 4.78 is 0. The second kappa shape index (κ2) is 11.2. The van der Waals surface area contributed by atoms with Crippen LogP contribution >= 0.6 is 0 Å². The van der Waals surface area contributed by atoms with Crippen molar-refractivity contribution in [2.75, 3.05) is 19.0 Å². The summed E-state index contributed by atoms with van der Waals surface area (Å²) in [6.45, 7) is 0. The number of hydrogen-bond acceptors (Lipinski definition) is 6. The Morgan fingerprint density at radius 2 is 1.65 bits per heavy atom. The van der Waals surface area contributed by atoms with Crippen LogP contribution in [0.4, 0.5) is 11.4 Å². The van der Waals surface area contributed by atoms with E-state index in [-0.39, 0.29) is 11.4 Å². The number of hydrogen-bond donors (Lipinski definition) is 2. The second-order valence-corrected chi connectivity index (χ2v) is 7.42. The third-order valence-corrected chi connectivity index (χ3v) is 4.71. The Bertz CT molecular complexity index is 1240. The fraction of sp³-hybridized carbons (Fsp3) is 0.0800. The number of nitro groups is 1. The van der Waals surface area contributed by atoms with E-state index in [1.165, 1.54) is 24.4 Å². The summed E-state index contributed by atoms with van der Waals surface area (Å²) in [7, 11) is 3.84. The van der Waals surface area contributed by atoms with Crippen LogP contribution in [0.1, 0.15) is 21.5 Å². The van der Waals surface area contributed by atoms with E-state index in [1.54, 1.807) is 42.5 Å². The number of nitrogens with zero attached hydrogens (tertiary/aromatic N) is 3. The lowest BCUT2D eigenvalue weighted by atomic mass is 10.1. The number of nitrogens with one attached hydrogen (secondary N) is 2. The number of nitro benzene ring substituents is 1. The van der Waals surface area contributed by atoms with E-state index in [0.29, 0.717) is 16.7 Å². The van der Waals surface area contributed by atoms with Crippen molar-refractivity contribution in [1.82, 2.24) is 10.7 Å². The molecule has 0 radical (unpaired) electrons. The molecule has 0 aliphatic carbocycles. The molecule has 2 N–H and O–H groups in total. The molecule has 2 amide bonds. The van der Waals surface area contributed by atoms with Crippen molar-refractivity contribution in [2.45, 2.75) is 0 Å². The summed E-state index contributed by atoms with van der Waals surface area (Å²) in [5.74, 6) is -1.10. The summed E-state index contributed by atoms with van der Waals surface area (Å²) in [6, 6.07) is 21.8. The number of carbonyl (C=O) groups is 2. The van der Waals surface area contributed by atoms with Crippen LogP contribution in [0, 0.1) is 10.1 Å². The van der Waals surface area contributed by atoms with E-state index in [2.05, 4.69) is 15.8 Å². The number of amides is 2. The molecule has 3 rings (SSSR count). The SMILES string of the molecule is CN(C)c1ccc(/C=C(\NC(=O)c2ccccc2)C(=O)N/N=C\c2cccc([N+](=O)[O-])c2)cc1. The first-order chi connectivity index (χ1) is 16.3. The van der Waals surface area contributed by atoms with Gasteiger partial charge in [-0.3, -0.25) is 19.7 Å². The number of rotatable bonds is 8. The third-order valence-electron chi connectivity index (χ3n) is 4.71. The molecule has 0 fully saturated rings. The summed E-state index contributed by atoms with van der Waals surface area (Å²) in [6.07, 6.45) is 2.83. The first-order valence-corrected chi connectivity index (χ1v) is 10.3. The standard InChI is InChI=1S/C25H23N5O4/c1-29(2)21-13-11-18(12-14-21)16-23(27-24(31)20-8-4-3-5-9-20)25(32)28-26-17-19-7-6-10-22(15-19)30(33)34/h3-17H,1-2H3,(H,27,31)(H,28,32)/b23-16-,26-17-. The molecule has 0 atom stereocenters. The number of anilines is 1. The molecule has 0 aliphatic heterocycles. The van der Waals surface area contributed by atoms with E-state index in [4.69, 9.17) is 0 Å². The molecule has 0 saturated carbocycles. The van der Waals surface area contributed by atoms with Gasteiger partial charge in [-0.05, 0) is 35.9 Å². The van der Waals surface area contributed by atoms with E-state index in [0.717, 1.165) is 5.69 Å². The zero-order chi connectivity index (χ0) is 24.5. The molecule has 0 saturated heterocycles. The molecule has 3 aromatic carbocycles. The van der Waals surface area contributed by atoms with Gasteiger partial charge in [0.15, 0.2) is 0 Å². The van der Waals surface area contributed by atoms with Crippen LogP contribution in [0.2, 0.25) is 0 Å². The molecule has 0 aliphatic rings. The van der Waals surface area contributed by atoms with Crippen molar-refractivity contribution in [3.05, 3.63) is 111 Å². The Morgan fingerprint density at radius 1 is 0.941 bits per heavy atom. The van der Waals surface area contributed by atoms with Crippen molar-refractivity contribution in [3.63, 3.8) is 0 Å². The molecule has 3 aromatic rings. The predicted molar refractivity (Wildman–Crippen MR) is 131 cm³/mol. The highest BCUT2D eigenvalue weighted by Crippen LogP contribution is 2.15. The van der Waals surface area contributed by atoms with Crippen LogP contribution in [0.5, 0.6) is 0 Å². The topological polar surface area (TPSA) is 117 Å². The quantitative estimate of drug-likeness (QED) is 0.232. The molecular formula is C25H23N5O4. The molecule has 9 nitrogen and oxygen atoms in total. The zero-order valence-electron chi connectivity index (χ0n) is 18.6. The van der Waals surface area contributed by atoms with Crippen LogP contribution in [-0.4, -0.2) is 37.0 Å². The lowest BCUT2D eigenvalue weighted by Gasteiger charge is -2.12. The minimum absolute atomic E-state index is 0.0114. The van der Waals surface area contributed by atoms with Gasteiger partial charge in [-0.15, -0.1) is 0 Å². The highest BCUT2D eigenvalue weighted by Gasteiger charge is 2.14. The first-order valence-electron chi connectivity index (χ1n) is 10.3. The van der Waals surface area contributed by atoms with Gasteiger partial charge in [0.25, 0.3) is 17.5 Å². The second-order valence-electron chi connectivity index (χ2n) is 7.42. The molecule has 0 spiro atoms. The Balaban J connectivity index is 1.81. The van der Waals surface area contributed by atoms with Crippen molar-refractivity contribution in [3.8, 4) is 0 Å². The number of non-ortho nitro benzene ring substituents is 1. The van der Waals surface area contributed by atoms with Gasteiger partial charge in [0.2, 0.25) is 0 Å². The van der Waals surface area contributed by atoms with Gasteiger partial charge < -0.3 is 10.2 Å². The fourth-order valence-electron chi connectivity index (χ4n) is 2.92. The average Bonchev–Trinajstić information content (AvgIpc) is 2.84. The molecule has 9 heteroatoms. The minimum Gasteiger partial charge on any atom is -0.378 e. The van der Waals surface area contributed by atoms with Gasteiger partial charge in [-0.25, -0.2) is 5.43 Å². The molecule has 0 unspecified atom stereocenters. The lowest BCUT2D eigenvalue weighted by molar-refractivity contribution is -0.384. The largest absolute Gasteiger partial charge is 0.378 e. The zero-order valence-corrected chi connectivity index (χ0v) is 18.6. The number of carbonyl (C=O) groups excluding carboxylic acids is 2. The smallest absolute Gasteiger partial charge is 0.287 e. The van der Waals surface area contributed by atoms with Gasteiger partial charge in [-0.2, -0.15) is 5.10 Å². The van der Waals surface area contributed by atoms with Gasteiger partial charge in [0.05, 0.1) is 11.1 Å². The van der Waals surface area contributed by atoms with Crippen molar-refractivity contribution < 1.29 is 14.5 Å². The van der Waals surface area contributed by atoms with Crippen LogP contribution in [0.25, 0.3) is 6.08 Å². The molecule has 0 bridgehead atoms. The lowest BCUT2D eigenvalue weighted by Crippen LogP contribution is -2.32. The molecule has 34 heavy (non-hydrogen) atoms. The summed E-state index contributed by atoms with van der Waals surface area (Å²) in [5, 5.41) is 17.4. The highest BCUT2D eigenvalue weighted by molar-refractivity contribution is 6.05. The molecular weight excluding hydrogens is 434 g/mol. The third kappa shape index (κ3) is 6.60. The maximum absolute atomic E-state index is 12.8. The van der Waals surface area contributed by atoms with Gasteiger partial charge in [0, 0.05) is 43.0 Å². The Morgan fingerprint density at radius 3 is 2.29 bits per heavy atom. The predicted octanol–water partition coefficient (Wildman–Crippen LogP) is 3.58. The van der Waals surface area contributed by atoms with Crippen molar-refractivity contribution in [2.24, 2.45) is 5.10 Å². The Hall–Kier alpha value is -4.79. The molecule has 0 aromatic heterocycles. The monoisotopic (exact) mass is 457 g/mol. The van der Waals surface area contributed by atoms with Crippen LogP contribution in [0.3, 0.4) is 0 Å².